The predicted molar refractivity (Wildman–Crippen MR) is 74.7 cm³/mol. The fraction of sp³-hybridized carbons (Fsp3) is 0.0714. The van der Waals surface area contributed by atoms with Crippen LogP contribution < -0.4 is 14.8 Å². The number of alkyl halides is 2. The van der Waals surface area contributed by atoms with Crippen molar-refractivity contribution in [2.75, 3.05) is 5.32 Å². The summed E-state index contributed by atoms with van der Waals surface area (Å²) in [6.07, 6.45) is -3.67. The lowest BCUT2D eigenvalue weighted by Crippen LogP contribution is -2.25. The minimum Gasteiger partial charge on any atom is -0.395 e. The number of hydrogen-bond acceptors (Lipinski definition) is 3. The van der Waals surface area contributed by atoms with Gasteiger partial charge in [0.05, 0.1) is 0 Å². The first-order valence-corrected chi connectivity index (χ1v) is 6.69. The van der Waals surface area contributed by atoms with Crippen LogP contribution in [0.3, 0.4) is 0 Å². The topological polar surface area (TPSA) is 47.6 Å². The largest absolute Gasteiger partial charge is 0.586 e. The number of nitrogens with one attached hydrogen (secondary N) is 1. The van der Waals surface area contributed by atoms with Crippen LogP contribution in [0.5, 0.6) is 11.5 Å². The molecule has 4 nitrogen and oxygen atoms in total. The van der Waals surface area contributed by atoms with E-state index in [0.29, 0.717) is 11.3 Å². The quantitative estimate of drug-likeness (QED) is 0.884. The zero-order chi connectivity index (χ0) is 15.0. The first-order valence-electron chi connectivity index (χ1n) is 5.90. The normalized spacial score (nSPS) is 14.8. The van der Waals surface area contributed by atoms with Crippen LogP contribution in [0.15, 0.2) is 46.9 Å². The van der Waals surface area contributed by atoms with Crippen LogP contribution in [0.4, 0.5) is 14.5 Å². The molecule has 0 aliphatic carbocycles. The average molecular weight is 356 g/mol. The van der Waals surface area contributed by atoms with Gasteiger partial charge in [0, 0.05) is 21.8 Å². The van der Waals surface area contributed by atoms with Crippen LogP contribution >= 0.6 is 15.9 Å². The molecular formula is C14H8BrF2NO3. The number of amides is 1. The van der Waals surface area contributed by atoms with E-state index in [1.807, 2.05) is 0 Å². The standard InChI is InChI=1S/C14H8BrF2NO3/c15-9-3-1-2-8(6-9)13(19)18-10-4-5-11-12(7-10)21-14(16,17)20-11/h1-7H,(H,18,19). The van der Waals surface area contributed by atoms with Gasteiger partial charge in [-0.05, 0) is 30.3 Å². The van der Waals surface area contributed by atoms with Gasteiger partial charge in [-0.25, -0.2) is 0 Å². The molecule has 0 unspecified atom stereocenters. The van der Waals surface area contributed by atoms with E-state index in [-0.39, 0.29) is 17.4 Å². The van der Waals surface area contributed by atoms with Crippen molar-refractivity contribution >= 4 is 27.5 Å². The molecule has 7 heteroatoms. The lowest BCUT2D eigenvalue weighted by molar-refractivity contribution is -0.286. The number of fused-ring (bicyclic) bond motifs is 1. The maximum atomic E-state index is 12.9. The molecule has 2 aromatic carbocycles. The number of carbonyl (C=O) groups excluding carboxylic acids is 1. The Labute approximate surface area is 126 Å². The predicted octanol–water partition coefficient (Wildman–Crippen LogP) is 4.02. The highest BCUT2D eigenvalue weighted by Crippen LogP contribution is 2.42. The maximum absolute atomic E-state index is 12.9. The Morgan fingerprint density at radius 3 is 2.62 bits per heavy atom. The molecule has 0 saturated carbocycles. The second-order valence-electron chi connectivity index (χ2n) is 4.29. The Bertz CT molecular complexity index is 721. The summed E-state index contributed by atoms with van der Waals surface area (Å²) in [5.74, 6) is -0.547. The van der Waals surface area contributed by atoms with Crippen LogP contribution in [0.1, 0.15) is 10.4 Å². The molecule has 0 radical (unpaired) electrons. The number of rotatable bonds is 2. The van der Waals surface area contributed by atoms with E-state index in [1.54, 1.807) is 24.3 Å². The Balaban J connectivity index is 1.79. The summed E-state index contributed by atoms with van der Waals surface area (Å²) in [6, 6.07) is 10.9. The lowest BCUT2D eigenvalue weighted by Gasteiger charge is -2.06. The highest BCUT2D eigenvalue weighted by atomic mass is 79.9. The second-order valence-corrected chi connectivity index (χ2v) is 5.21. The molecular weight excluding hydrogens is 348 g/mol. The molecule has 1 aliphatic rings. The van der Waals surface area contributed by atoms with Gasteiger partial charge in [-0.2, -0.15) is 0 Å². The Morgan fingerprint density at radius 2 is 1.86 bits per heavy atom. The van der Waals surface area contributed by atoms with E-state index in [2.05, 4.69) is 30.7 Å². The van der Waals surface area contributed by atoms with Gasteiger partial charge in [0.1, 0.15) is 0 Å². The second kappa shape index (κ2) is 5.00. The number of halogens is 3. The minimum atomic E-state index is -3.67. The van der Waals surface area contributed by atoms with Crippen LogP contribution in [-0.4, -0.2) is 12.2 Å². The van der Waals surface area contributed by atoms with E-state index in [4.69, 9.17) is 0 Å². The molecule has 0 bridgehead atoms. The monoisotopic (exact) mass is 355 g/mol. The van der Waals surface area contributed by atoms with Crippen molar-refractivity contribution in [2.24, 2.45) is 0 Å². The van der Waals surface area contributed by atoms with Crippen LogP contribution in [0, 0.1) is 0 Å². The molecule has 0 spiro atoms. The zero-order valence-corrected chi connectivity index (χ0v) is 12.0. The minimum absolute atomic E-state index is 0.0690. The summed E-state index contributed by atoms with van der Waals surface area (Å²) in [5, 5.41) is 2.60. The van der Waals surface area contributed by atoms with Gasteiger partial charge in [0.2, 0.25) is 0 Å². The molecule has 1 aliphatic heterocycles. The maximum Gasteiger partial charge on any atom is 0.586 e. The summed E-state index contributed by atoms with van der Waals surface area (Å²) in [7, 11) is 0. The number of ether oxygens (including phenoxy) is 2. The van der Waals surface area contributed by atoms with Crippen LogP contribution in [0.25, 0.3) is 0 Å². The third-order valence-corrected chi connectivity index (χ3v) is 3.24. The molecule has 0 fully saturated rings. The number of carbonyl (C=O) groups is 1. The van der Waals surface area contributed by atoms with Gasteiger partial charge in [0.15, 0.2) is 11.5 Å². The van der Waals surface area contributed by atoms with Crippen molar-refractivity contribution in [2.45, 2.75) is 6.29 Å². The Kier molecular flexibility index (Phi) is 3.29. The van der Waals surface area contributed by atoms with Crippen molar-refractivity contribution in [3.05, 3.63) is 52.5 Å². The first-order chi connectivity index (χ1) is 9.93. The third kappa shape index (κ3) is 2.97. The zero-order valence-electron chi connectivity index (χ0n) is 10.4. The molecule has 0 aromatic heterocycles. The van der Waals surface area contributed by atoms with Gasteiger partial charge in [-0.1, -0.05) is 22.0 Å². The van der Waals surface area contributed by atoms with E-state index >= 15 is 0 Å². The van der Waals surface area contributed by atoms with Crippen molar-refractivity contribution in [3.8, 4) is 11.5 Å². The smallest absolute Gasteiger partial charge is 0.395 e. The van der Waals surface area contributed by atoms with Gasteiger partial charge in [-0.15, -0.1) is 8.78 Å². The molecule has 108 valence electrons. The van der Waals surface area contributed by atoms with Crippen molar-refractivity contribution in [1.82, 2.24) is 0 Å². The number of benzene rings is 2. The van der Waals surface area contributed by atoms with Gasteiger partial charge < -0.3 is 14.8 Å². The molecule has 1 amide bonds. The summed E-state index contributed by atoms with van der Waals surface area (Å²) in [5.41, 5.74) is 0.771. The summed E-state index contributed by atoms with van der Waals surface area (Å²) in [6.45, 7) is 0. The highest BCUT2D eigenvalue weighted by molar-refractivity contribution is 9.10. The number of anilines is 1. The molecule has 0 saturated heterocycles. The fourth-order valence-corrected chi connectivity index (χ4v) is 2.26. The van der Waals surface area contributed by atoms with E-state index in [9.17, 15) is 13.6 Å². The average Bonchev–Trinajstić information content (AvgIpc) is 2.72. The Hall–Kier alpha value is -2.15. The van der Waals surface area contributed by atoms with E-state index in [0.717, 1.165) is 4.47 Å². The fourth-order valence-electron chi connectivity index (χ4n) is 1.86. The molecule has 2 aromatic rings. The van der Waals surface area contributed by atoms with E-state index < -0.39 is 6.29 Å². The highest BCUT2D eigenvalue weighted by Gasteiger charge is 2.43. The molecule has 21 heavy (non-hydrogen) atoms. The number of hydrogen-bond donors (Lipinski definition) is 1. The summed E-state index contributed by atoms with van der Waals surface area (Å²) < 4.78 is 35.2. The molecule has 0 atom stereocenters. The van der Waals surface area contributed by atoms with Crippen LogP contribution in [0.2, 0.25) is 0 Å². The van der Waals surface area contributed by atoms with Gasteiger partial charge in [-0.3, -0.25) is 4.79 Å². The van der Waals surface area contributed by atoms with Crippen LogP contribution in [-0.2, 0) is 0 Å². The lowest BCUT2D eigenvalue weighted by atomic mass is 10.2. The SMILES string of the molecule is O=C(Nc1ccc2c(c1)OC(F)(F)O2)c1cccc(Br)c1. The summed E-state index contributed by atoms with van der Waals surface area (Å²) >= 11 is 3.27. The van der Waals surface area contributed by atoms with E-state index in [1.165, 1.54) is 18.2 Å². The Morgan fingerprint density at radius 1 is 1.10 bits per heavy atom. The van der Waals surface area contributed by atoms with Crippen molar-refractivity contribution < 1.29 is 23.0 Å². The first kappa shape index (κ1) is 13.8. The molecule has 1 heterocycles. The van der Waals surface area contributed by atoms with Gasteiger partial charge >= 0.3 is 6.29 Å². The molecule has 3 rings (SSSR count). The van der Waals surface area contributed by atoms with Crippen molar-refractivity contribution in [3.63, 3.8) is 0 Å². The van der Waals surface area contributed by atoms with Gasteiger partial charge in [0.25, 0.3) is 5.91 Å². The molecule has 1 N–H and O–H groups in total. The summed E-state index contributed by atoms with van der Waals surface area (Å²) in [4.78, 5) is 12.0. The third-order valence-electron chi connectivity index (χ3n) is 2.75. The van der Waals surface area contributed by atoms with Crippen molar-refractivity contribution in [1.29, 1.82) is 0 Å².